The van der Waals surface area contributed by atoms with Crippen LogP contribution in [0.1, 0.15) is 13.8 Å². The van der Waals surface area contributed by atoms with Crippen LogP contribution >= 0.6 is 0 Å². The van der Waals surface area contributed by atoms with E-state index >= 15 is 0 Å². The maximum atomic E-state index is 13.0. The maximum absolute atomic E-state index is 13.0. The van der Waals surface area contributed by atoms with E-state index in [0.29, 0.717) is 5.75 Å². The fraction of sp³-hybridized carbons (Fsp3) is 0.294. The van der Waals surface area contributed by atoms with Crippen LogP contribution in [0.4, 0.5) is 5.69 Å². The number of phenols is 1. The summed E-state index contributed by atoms with van der Waals surface area (Å²) in [6.45, 7) is 4.12. The van der Waals surface area contributed by atoms with Crippen molar-refractivity contribution in [2.45, 2.75) is 18.7 Å². The first-order valence-electron chi connectivity index (χ1n) is 7.31. The first-order chi connectivity index (χ1) is 10.9. The van der Waals surface area contributed by atoms with Crippen LogP contribution in [-0.4, -0.2) is 27.2 Å². The molecule has 5 nitrogen and oxygen atoms in total. The number of rotatable bonds is 6. The molecule has 0 amide bonds. The van der Waals surface area contributed by atoms with Gasteiger partial charge in [0.2, 0.25) is 0 Å². The van der Waals surface area contributed by atoms with E-state index in [1.54, 1.807) is 30.3 Å². The number of benzene rings is 2. The molecule has 0 bridgehead atoms. The molecule has 1 N–H and O–H groups in total. The van der Waals surface area contributed by atoms with Crippen LogP contribution < -0.4 is 9.04 Å². The highest BCUT2D eigenvalue weighted by Crippen LogP contribution is 2.32. The molecule has 0 unspecified atom stereocenters. The number of para-hydroxylation sites is 2. The minimum Gasteiger partial charge on any atom is -0.506 e. The van der Waals surface area contributed by atoms with Gasteiger partial charge < -0.3 is 9.84 Å². The van der Waals surface area contributed by atoms with Crippen molar-refractivity contribution < 1.29 is 18.3 Å². The second-order valence-corrected chi connectivity index (χ2v) is 7.46. The van der Waals surface area contributed by atoms with E-state index in [0.717, 1.165) is 0 Å². The standard InChI is InChI=1S/C17H21NO4S/c1-13(2)12-18(16-6-4-5-7-17(16)19)23(20,21)15-10-8-14(22-3)9-11-15/h4-11,13,19H,12H2,1-3H3. The number of ether oxygens (including phenoxy) is 1. The Morgan fingerprint density at radius 1 is 1.09 bits per heavy atom. The topological polar surface area (TPSA) is 66.8 Å². The molecule has 2 aromatic rings. The van der Waals surface area contributed by atoms with Crippen molar-refractivity contribution in [1.82, 2.24) is 0 Å². The zero-order valence-corrected chi connectivity index (χ0v) is 14.2. The Balaban J connectivity index is 2.50. The molecule has 124 valence electrons. The minimum absolute atomic E-state index is 0.0646. The van der Waals surface area contributed by atoms with Crippen LogP contribution in [0.3, 0.4) is 0 Å². The lowest BCUT2D eigenvalue weighted by molar-refractivity contribution is 0.414. The summed E-state index contributed by atoms with van der Waals surface area (Å²) in [5, 5.41) is 10.1. The molecule has 0 aliphatic rings. The number of aromatic hydroxyl groups is 1. The van der Waals surface area contributed by atoms with Crippen LogP contribution in [0.2, 0.25) is 0 Å². The lowest BCUT2D eigenvalue weighted by Gasteiger charge is -2.26. The summed E-state index contributed by atoms with van der Waals surface area (Å²) in [7, 11) is -2.25. The fourth-order valence-corrected chi connectivity index (χ4v) is 3.85. The normalized spacial score (nSPS) is 11.5. The van der Waals surface area contributed by atoms with Gasteiger partial charge >= 0.3 is 0 Å². The number of sulfonamides is 1. The molecule has 0 saturated heterocycles. The van der Waals surface area contributed by atoms with E-state index < -0.39 is 10.0 Å². The Hall–Kier alpha value is -2.21. The van der Waals surface area contributed by atoms with Gasteiger partial charge in [0, 0.05) is 6.54 Å². The van der Waals surface area contributed by atoms with Crippen LogP contribution in [0, 0.1) is 5.92 Å². The molecule has 6 heteroatoms. The second-order valence-electron chi connectivity index (χ2n) is 5.59. The van der Waals surface area contributed by atoms with E-state index in [1.807, 2.05) is 13.8 Å². The third-order valence-corrected chi connectivity index (χ3v) is 5.12. The molecule has 0 radical (unpaired) electrons. The van der Waals surface area contributed by atoms with Gasteiger partial charge in [-0.05, 0) is 42.3 Å². The van der Waals surface area contributed by atoms with Crippen molar-refractivity contribution in [3.8, 4) is 11.5 Å². The summed E-state index contributed by atoms with van der Waals surface area (Å²) in [6.07, 6.45) is 0. The first kappa shape index (κ1) is 17.1. The highest BCUT2D eigenvalue weighted by Gasteiger charge is 2.27. The Morgan fingerprint density at radius 2 is 1.70 bits per heavy atom. The number of hydrogen-bond donors (Lipinski definition) is 1. The lowest BCUT2D eigenvalue weighted by atomic mass is 10.2. The van der Waals surface area contributed by atoms with Gasteiger partial charge in [-0.15, -0.1) is 0 Å². The number of nitrogens with zero attached hydrogens (tertiary/aromatic N) is 1. The average Bonchev–Trinajstić information content (AvgIpc) is 2.53. The summed E-state index contributed by atoms with van der Waals surface area (Å²) in [5.41, 5.74) is 0.275. The average molecular weight is 335 g/mol. The number of phenolic OH excluding ortho intramolecular Hbond substituents is 1. The van der Waals surface area contributed by atoms with Crippen molar-refractivity contribution >= 4 is 15.7 Å². The van der Waals surface area contributed by atoms with Crippen molar-refractivity contribution in [3.05, 3.63) is 48.5 Å². The van der Waals surface area contributed by atoms with Gasteiger partial charge in [-0.25, -0.2) is 8.42 Å². The maximum Gasteiger partial charge on any atom is 0.264 e. The zero-order chi connectivity index (χ0) is 17.0. The predicted octanol–water partition coefficient (Wildman–Crippen LogP) is 3.25. The van der Waals surface area contributed by atoms with E-state index in [2.05, 4.69) is 0 Å². The molecule has 0 aliphatic heterocycles. The molecule has 0 fully saturated rings. The number of anilines is 1. The Kier molecular flexibility index (Phi) is 5.15. The van der Waals surface area contributed by atoms with Crippen LogP contribution in [0.15, 0.2) is 53.4 Å². The molecular formula is C17H21NO4S. The van der Waals surface area contributed by atoms with E-state index in [1.165, 1.54) is 29.6 Å². The quantitative estimate of drug-likeness (QED) is 0.880. The zero-order valence-electron chi connectivity index (χ0n) is 13.4. The fourth-order valence-electron chi connectivity index (χ4n) is 2.21. The van der Waals surface area contributed by atoms with Gasteiger partial charge in [-0.1, -0.05) is 26.0 Å². The molecule has 0 aliphatic carbocycles. The summed E-state index contributed by atoms with van der Waals surface area (Å²) < 4.78 is 32.3. The van der Waals surface area contributed by atoms with Gasteiger partial charge in [0.25, 0.3) is 10.0 Å². The Labute approximate surface area is 137 Å². The van der Waals surface area contributed by atoms with E-state index in [-0.39, 0.29) is 28.8 Å². The van der Waals surface area contributed by atoms with Crippen LogP contribution in [0.5, 0.6) is 11.5 Å². The molecule has 0 heterocycles. The van der Waals surface area contributed by atoms with Crippen molar-refractivity contribution in [1.29, 1.82) is 0 Å². The molecule has 0 atom stereocenters. The van der Waals surface area contributed by atoms with Crippen molar-refractivity contribution in [2.75, 3.05) is 18.0 Å². The lowest BCUT2D eigenvalue weighted by Crippen LogP contribution is -2.34. The SMILES string of the molecule is COc1ccc(S(=O)(=O)N(CC(C)C)c2ccccc2O)cc1. The molecule has 2 rings (SSSR count). The minimum atomic E-state index is -3.78. The summed E-state index contributed by atoms with van der Waals surface area (Å²) in [4.78, 5) is 0.155. The predicted molar refractivity (Wildman–Crippen MR) is 90.5 cm³/mol. The molecule has 0 aromatic heterocycles. The van der Waals surface area contributed by atoms with Crippen molar-refractivity contribution in [3.63, 3.8) is 0 Å². The third-order valence-electron chi connectivity index (χ3n) is 3.33. The molecule has 23 heavy (non-hydrogen) atoms. The van der Waals surface area contributed by atoms with Crippen molar-refractivity contribution in [2.24, 2.45) is 5.92 Å². The van der Waals surface area contributed by atoms with E-state index in [4.69, 9.17) is 4.74 Å². The monoisotopic (exact) mass is 335 g/mol. The highest BCUT2D eigenvalue weighted by molar-refractivity contribution is 7.92. The Morgan fingerprint density at radius 3 is 2.22 bits per heavy atom. The summed E-state index contributed by atoms with van der Waals surface area (Å²) >= 11 is 0. The van der Waals surface area contributed by atoms with Crippen LogP contribution in [-0.2, 0) is 10.0 Å². The molecule has 0 spiro atoms. The highest BCUT2D eigenvalue weighted by atomic mass is 32.2. The number of methoxy groups -OCH3 is 1. The smallest absolute Gasteiger partial charge is 0.264 e. The third kappa shape index (κ3) is 3.76. The van der Waals surface area contributed by atoms with Gasteiger partial charge in [0.05, 0.1) is 17.7 Å². The van der Waals surface area contributed by atoms with Gasteiger partial charge in [-0.2, -0.15) is 0 Å². The first-order valence-corrected chi connectivity index (χ1v) is 8.75. The molecule has 2 aromatic carbocycles. The van der Waals surface area contributed by atoms with Gasteiger partial charge in [0.15, 0.2) is 0 Å². The number of hydrogen-bond acceptors (Lipinski definition) is 4. The summed E-state index contributed by atoms with van der Waals surface area (Å²) in [6, 6.07) is 12.6. The van der Waals surface area contributed by atoms with E-state index in [9.17, 15) is 13.5 Å². The second kappa shape index (κ2) is 6.91. The molecule has 0 saturated carbocycles. The molecular weight excluding hydrogens is 314 g/mol. The Bertz CT molecular complexity index is 754. The van der Waals surface area contributed by atoms with Gasteiger partial charge in [0.1, 0.15) is 11.5 Å². The summed E-state index contributed by atoms with van der Waals surface area (Å²) in [5.74, 6) is 0.620. The van der Waals surface area contributed by atoms with Crippen LogP contribution in [0.25, 0.3) is 0 Å². The largest absolute Gasteiger partial charge is 0.506 e. The van der Waals surface area contributed by atoms with Gasteiger partial charge in [-0.3, -0.25) is 4.31 Å².